The van der Waals surface area contributed by atoms with E-state index in [1.54, 1.807) is 39.8 Å². The molecule has 0 aromatic heterocycles. The van der Waals surface area contributed by atoms with Crippen molar-refractivity contribution in [2.75, 3.05) is 26.7 Å². The van der Waals surface area contributed by atoms with Crippen LogP contribution in [0.2, 0.25) is 0 Å². The van der Waals surface area contributed by atoms with Crippen molar-refractivity contribution in [2.45, 2.75) is 137 Å². The van der Waals surface area contributed by atoms with Crippen LogP contribution in [0.4, 0.5) is 4.79 Å². The number of nitrogens with zero attached hydrogens (tertiary/aromatic N) is 1. The van der Waals surface area contributed by atoms with Gasteiger partial charge >= 0.3 is 12.1 Å². The minimum atomic E-state index is -1.19. The summed E-state index contributed by atoms with van der Waals surface area (Å²) in [5, 5.41) is 25.5. The van der Waals surface area contributed by atoms with Gasteiger partial charge in [0.25, 0.3) is 0 Å². The molecule has 7 amide bonds. The van der Waals surface area contributed by atoms with E-state index in [4.69, 9.17) is 9.47 Å². The number of benzene rings is 1. The smallest absolute Gasteiger partial charge is 0.408 e. The highest BCUT2D eigenvalue weighted by atomic mass is 16.6. The molecule has 7 N–H and O–H groups in total. The van der Waals surface area contributed by atoms with Gasteiger partial charge in [0, 0.05) is 13.0 Å². The molecule has 1 aromatic carbocycles. The molecule has 1 aromatic rings. The Morgan fingerprint density at radius 3 is 1.95 bits per heavy atom. The zero-order chi connectivity index (χ0) is 45.3. The second kappa shape index (κ2) is 24.0. The minimum Gasteiger partial charge on any atom is -0.508 e. The van der Waals surface area contributed by atoms with E-state index < -0.39 is 96.4 Å². The normalized spacial score (nSPS) is 16.4. The lowest BCUT2D eigenvalue weighted by atomic mass is 9.95. The number of alkyl carbamates (subject to hydrolysis) is 1. The van der Waals surface area contributed by atoms with Crippen LogP contribution in [0.25, 0.3) is 0 Å². The van der Waals surface area contributed by atoms with Crippen LogP contribution in [0.5, 0.6) is 5.75 Å². The Bertz CT molecular complexity index is 1640. The largest absolute Gasteiger partial charge is 0.508 e. The quantitative estimate of drug-likeness (QED) is 0.0880. The monoisotopic (exact) mass is 845 g/mol. The molecule has 18 nitrogen and oxygen atoms in total. The third-order valence-electron chi connectivity index (χ3n) is 9.73. The topological polar surface area (TPSA) is 251 Å². The first-order valence-corrected chi connectivity index (χ1v) is 20.6. The fourth-order valence-corrected chi connectivity index (χ4v) is 6.54. The van der Waals surface area contributed by atoms with Gasteiger partial charge in [-0.05, 0) is 81.9 Å². The Balaban J connectivity index is 2.25. The third kappa shape index (κ3) is 17.4. The summed E-state index contributed by atoms with van der Waals surface area (Å²) in [4.78, 5) is 107. The molecule has 0 saturated carbocycles. The maximum absolute atomic E-state index is 14.2. The number of methoxy groups -OCH3 is 1. The van der Waals surface area contributed by atoms with E-state index in [0.717, 1.165) is 0 Å². The third-order valence-corrected chi connectivity index (χ3v) is 9.73. The van der Waals surface area contributed by atoms with Gasteiger partial charge in [-0.2, -0.15) is 0 Å². The number of aromatic hydroxyl groups is 1. The van der Waals surface area contributed by atoms with E-state index in [1.165, 1.54) is 24.1 Å². The molecule has 0 aliphatic carbocycles. The molecular weight excluding hydrogens is 778 g/mol. The fourth-order valence-electron chi connectivity index (χ4n) is 6.54. The number of phenols is 1. The van der Waals surface area contributed by atoms with Gasteiger partial charge in [0.1, 0.15) is 48.1 Å². The summed E-state index contributed by atoms with van der Waals surface area (Å²) in [6.07, 6.45) is 0.959. The number of hydrogen-bond acceptors (Lipinski definition) is 11. The molecule has 0 unspecified atom stereocenters. The second-order valence-electron chi connectivity index (χ2n) is 17.1. The van der Waals surface area contributed by atoms with E-state index in [-0.39, 0.29) is 49.3 Å². The van der Waals surface area contributed by atoms with Crippen molar-refractivity contribution in [1.82, 2.24) is 36.8 Å². The maximum Gasteiger partial charge on any atom is 0.408 e. The van der Waals surface area contributed by atoms with E-state index in [1.807, 2.05) is 34.6 Å². The van der Waals surface area contributed by atoms with E-state index in [2.05, 4.69) is 31.9 Å². The first-order valence-electron chi connectivity index (χ1n) is 20.6. The lowest BCUT2D eigenvalue weighted by Gasteiger charge is -2.31. The summed E-state index contributed by atoms with van der Waals surface area (Å²) < 4.78 is 10.0. The number of rotatable bonds is 21. The molecule has 336 valence electrons. The zero-order valence-electron chi connectivity index (χ0n) is 36.8. The number of phenolic OH excluding ortho intramolecular Hbond substituents is 1. The molecule has 0 spiro atoms. The first kappa shape index (κ1) is 50.7. The summed E-state index contributed by atoms with van der Waals surface area (Å²) in [7, 11) is 1.24. The minimum absolute atomic E-state index is 0.00255. The van der Waals surface area contributed by atoms with Gasteiger partial charge in [-0.15, -0.1) is 0 Å². The van der Waals surface area contributed by atoms with Gasteiger partial charge in [0.05, 0.1) is 13.7 Å². The molecule has 6 atom stereocenters. The Morgan fingerprint density at radius 1 is 0.783 bits per heavy atom. The molecule has 60 heavy (non-hydrogen) atoms. The van der Waals surface area contributed by atoms with Gasteiger partial charge in [-0.25, -0.2) is 9.59 Å². The highest BCUT2D eigenvalue weighted by Gasteiger charge is 2.40. The molecule has 0 bridgehead atoms. The molecule has 0 radical (unpaired) electrons. The maximum atomic E-state index is 14.2. The molecule has 18 heteroatoms. The number of likely N-dealkylation sites (tertiary alicyclic amines) is 1. The van der Waals surface area contributed by atoms with Crippen molar-refractivity contribution in [3.63, 3.8) is 0 Å². The summed E-state index contributed by atoms with van der Waals surface area (Å²) in [6, 6.07) is 0.810. The predicted octanol–water partition coefficient (Wildman–Crippen LogP) is 1.82. The van der Waals surface area contributed by atoms with Crippen molar-refractivity contribution in [2.24, 2.45) is 17.8 Å². The standard InChI is InChI=1S/C42H67N7O11/c1-11-26(6)35(38(55)47-31(20-25(4)5)40(57)59-10)48-36(53)29(19-24(2)3)46-37(54)32-13-12-18-49(32)39(56)30(21-27-14-16-28(50)17-15-27)45-34(52)23-43-33(51)22-44-41(58)60-42(7,8)9/h14-17,24-26,29-32,35,50H,11-13,18-23H2,1-10H3,(H,43,51)(H,44,58)(H,45,52)(H,46,54)(H,47,55)(H,48,53)/t26-,29-,30-,31-,32-,35-/m0/s1. The highest BCUT2D eigenvalue weighted by molar-refractivity contribution is 5.97. The van der Waals surface area contributed by atoms with Crippen LogP contribution in [0, 0.1) is 17.8 Å². The fraction of sp³-hybridized carbons (Fsp3) is 0.667. The number of nitrogens with one attached hydrogen (secondary N) is 6. The Labute approximate surface area is 353 Å². The van der Waals surface area contributed by atoms with Crippen LogP contribution in [0.15, 0.2) is 24.3 Å². The number of amides is 7. The molecule has 1 saturated heterocycles. The van der Waals surface area contributed by atoms with Crippen LogP contribution in [-0.2, 0) is 49.5 Å². The SMILES string of the molecule is CC[C@H](C)[C@H](NC(=O)[C@H](CC(C)C)NC(=O)[C@@H]1CCCN1C(=O)[C@H](Cc1ccc(O)cc1)NC(=O)CNC(=O)CNC(=O)OC(C)(C)C)C(=O)N[C@@H](CC(C)C)C(=O)OC. The van der Waals surface area contributed by atoms with Gasteiger partial charge in [-0.3, -0.25) is 28.8 Å². The Hall–Kier alpha value is -5.42. The van der Waals surface area contributed by atoms with Crippen molar-refractivity contribution < 1.29 is 52.9 Å². The predicted molar refractivity (Wildman–Crippen MR) is 222 cm³/mol. The second-order valence-corrected chi connectivity index (χ2v) is 17.1. The van der Waals surface area contributed by atoms with Crippen LogP contribution in [0.3, 0.4) is 0 Å². The number of hydrogen-bond donors (Lipinski definition) is 7. The summed E-state index contributed by atoms with van der Waals surface area (Å²) in [5.41, 5.74) is -0.186. The van der Waals surface area contributed by atoms with E-state index >= 15 is 0 Å². The Kier molecular flexibility index (Phi) is 20.3. The van der Waals surface area contributed by atoms with Crippen LogP contribution >= 0.6 is 0 Å². The number of esters is 1. The van der Waals surface area contributed by atoms with E-state index in [9.17, 15) is 43.5 Å². The van der Waals surface area contributed by atoms with Crippen molar-refractivity contribution in [3.8, 4) is 5.75 Å². The van der Waals surface area contributed by atoms with Crippen molar-refractivity contribution in [3.05, 3.63) is 29.8 Å². The average molecular weight is 846 g/mol. The molecule has 1 aliphatic rings. The number of ether oxygens (including phenoxy) is 2. The molecular formula is C42H67N7O11. The lowest BCUT2D eigenvalue weighted by molar-refractivity contribution is -0.146. The van der Waals surface area contributed by atoms with Gasteiger partial charge < -0.3 is 51.4 Å². The van der Waals surface area contributed by atoms with Crippen molar-refractivity contribution in [1.29, 1.82) is 0 Å². The summed E-state index contributed by atoms with van der Waals surface area (Å²) in [6.45, 7) is 15.4. The van der Waals surface area contributed by atoms with Gasteiger partial charge in [0.2, 0.25) is 35.4 Å². The summed E-state index contributed by atoms with van der Waals surface area (Å²) >= 11 is 0. The lowest BCUT2D eigenvalue weighted by Crippen LogP contribution is -2.60. The number of carbonyl (C=O) groups is 8. The van der Waals surface area contributed by atoms with Crippen LogP contribution in [0.1, 0.15) is 100.0 Å². The first-order chi connectivity index (χ1) is 28.0. The van der Waals surface area contributed by atoms with Crippen LogP contribution in [-0.4, -0.2) is 120 Å². The molecule has 1 heterocycles. The average Bonchev–Trinajstić information content (AvgIpc) is 3.66. The molecule has 2 rings (SSSR count). The van der Waals surface area contributed by atoms with Gasteiger partial charge in [-0.1, -0.05) is 60.1 Å². The molecule has 1 aliphatic heterocycles. The number of carbonyl (C=O) groups excluding carboxylic acids is 8. The van der Waals surface area contributed by atoms with Crippen molar-refractivity contribution >= 4 is 47.5 Å². The Morgan fingerprint density at radius 2 is 1.38 bits per heavy atom. The van der Waals surface area contributed by atoms with Gasteiger partial charge in [0.15, 0.2) is 0 Å². The van der Waals surface area contributed by atoms with E-state index in [0.29, 0.717) is 24.8 Å². The highest BCUT2D eigenvalue weighted by Crippen LogP contribution is 2.22. The summed E-state index contributed by atoms with van der Waals surface area (Å²) in [5.74, 6) is -4.67. The zero-order valence-corrected chi connectivity index (χ0v) is 36.8. The molecule has 1 fully saturated rings. The van der Waals surface area contributed by atoms with Crippen LogP contribution < -0.4 is 31.9 Å².